The Morgan fingerprint density at radius 3 is 2.42 bits per heavy atom. The van der Waals surface area contributed by atoms with Gasteiger partial charge in [0.25, 0.3) is 5.56 Å². The number of benzene rings is 2. The van der Waals surface area contributed by atoms with E-state index in [0.717, 1.165) is 48.6 Å². The quantitative estimate of drug-likeness (QED) is 0.548. The third-order valence-electron chi connectivity index (χ3n) is 6.27. The zero-order chi connectivity index (χ0) is 23.6. The zero-order valence-electron chi connectivity index (χ0n) is 18.8. The summed E-state index contributed by atoms with van der Waals surface area (Å²) in [7, 11) is -2.62. The molecule has 4 rings (SSSR count). The molecule has 2 aromatic carbocycles. The number of H-pyrrole nitrogens is 1. The molecular formula is C25H28N2O5S. The summed E-state index contributed by atoms with van der Waals surface area (Å²) in [5.41, 5.74) is 2.17. The average Bonchev–Trinajstić information content (AvgIpc) is 2.82. The number of nitrogens with one attached hydrogen (secondary N) is 1. The summed E-state index contributed by atoms with van der Waals surface area (Å²) in [4.78, 5) is 27.6. The van der Waals surface area contributed by atoms with Crippen molar-refractivity contribution in [1.82, 2.24) is 9.29 Å². The number of hydrogen-bond donors (Lipinski definition) is 1. The van der Waals surface area contributed by atoms with Gasteiger partial charge in [-0.1, -0.05) is 31.4 Å². The number of rotatable bonds is 6. The minimum atomic E-state index is -3.90. The Hall–Kier alpha value is -2.97. The summed E-state index contributed by atoms with van der Waals surface area (Å²) >= 11 is 0. The Kier molecular flexibility index (Phi) is 6.67. The maximum Gasteiger partial charge on any atom is 0.337 e. The number of ether oxygens (including phenoxy) is 1. The van der Waals surface area contributed by atoms with E-state index in [-0.39, 0.29) is 28.6 Å². The summed E-state index contributed by atoms with van der Waals surface area (Å²) in [6.45, 7) is 1.94. The molecule has 0 saturated heterocycles. The summed E-state index contributed by atoms with van der Waals surface area (Å²) < 4.78 is 33.6. The van der Waals surface area contributed by atoms with Gasteiger partial charge in [0.15, 0.2) is 0 Å². The lowest BCUT2D eigenvalue weighted by atomic mass is 9.95. The second-order valence-electron chi connectivity index (χ2n) is 8.57. The van der Waals surface area contributed by atoms with Gasteiger partial charge in [-0.15, -0.1) is 0 Å². The Bertz CT molecular complexity index is 1320. The fraction of sp³-hybridized carbons (Fsp3) is 0.360. The second-order valence-corrected chi connectivity index (χ2v) is 10.5. The van der Waals surface area contributed by atoms with Crippen molar-refractivity contribution in [3.05, 3.63) is 75.6 Å². The third kappa shape index (κ3) is 4.86. The molecule has 1 aliphatic rings. The van der Waals surface area contributed by atoms with Crippen molar-refractivity contribution >= 4 is 26.9 Å². The zero-order valence-corrected chi connectivity index (χ0v) is 19.7. The van der Waals surface area contributed by atoms with Crippen molar-refractivity contribution in [2.75, 3.05) is 7.11 Å². The standard InChI is InChI=1S/C25H28N2O5S/c1-17-8-9-19-15-20(24(28)26-23(19)14-17)16-27(21-6-4-3-5-7-21)33(30,31)22-12-10-18(11-13-22)25(29)32-2/h8-15,21H,3-7,16H2,1-2H3,(H,26,28). The SMILES string of the molecule is COC(=O)c1ccc(S(=O)(=O)N(Cc2cc3ccc(C)cc3[nH]c2=O)C2CCCCC2)cc1. The lowest BCUT2D eigenvalue weighted by molar-refractivity contribution is 0.0600. The highest BCUT2D eigenvalue weighted by Gasteiger charge is 2.33. The molecule has 0 amide bonds. The number of carbonyl (C=O) groups excluding carboxylic acids is 1. The van der Waals surface area contributed by atoms with Gasteiger partial charge in [0, 0.05) is 23.7 Å². The normalized spacial score (nSPS) is 15.1. The van der Waals surface area contributed by atoms with Crippen molar-refractivity contribution in [2.45, 2.75) is 56.5 Å². The van der Waals surface area contributed by atoms with Gasteiger partial charge in [0.1, 0.15) is 0 Å². The average molecular weight is 469 g/mol. The first-order chi connectivity index (χ1) is 15.8. The molecule has 7 nitrogen and oxygen atoms in total. The predicted molar refractivity (Wildman–Crippen MR) is 127 cm³/mol. The van der Waals surface area contributed by atoms with Crippen molar-refractivity contribution in [3.63, 3.8) is 0 Å². The number of nitrogens with zero attached hydrogens (tertiary/aromatic N) is 1. The van der Waals surface area contributed by atoms with E-state index in [0.29, 0.717) is 5.56 Å². The highest BCUT2D eigenvalue weighted by atomic mass is 32.2. The summed E-state index contributed by atoms with van der Waals surface area (Å²) in [5, 5.41) is 0.860. The number of sulfonamides is 1. The number of pyridine rings is 1. The largest absolute Gasteiger partial charge is 0.465 e. The molecule has 1 fully saturated rings. The third-order valence-corrected chi connectivity index (χ3v) is 8.18. The van der Waals surface area contributed by atoms with Gasteiger partial charge < -0.3 is 9.72 Å². The monoisotopic (exact) mass is 468 g/mol. The van der Waals surface area contributed by atoms with Crippen LogP contribution in [0, 0.1) is 6.92 Å². The molecule has 1 aliphatic carbocycles. The molecule has 0 bridgehead atoms. The van der Waals surface area contributed by atoms with Crippen LogP contribution in [-0.4, -0.2) is 36.8 Å². The van der Waals surface area contributed by atoms with Crippen LogP contribution < -0.4 is 5.56 Å². The fourth-order valence-electron chi connectivity index (χ4n) is 4.44. The minimum absolute atomic E-state index is 0.00902. The molecule has 0 atom stereocenters. The summed E-state index contributed by atoms with van der Waals surface area (Å²) in [6.07, 6.45) is 4.49. The highest BCUT2D eigenvalue weighted by molar-refractivity contribution is 7.89. The molecule has 8 heteroatoms. The first-order valence-corrected chi connectivity index (χ1v) is 12.6. The van der Waals surface area contributed by atoms with Gasteiger partial charge in [-0.2, -0.15) is 4.31 Å². The van der Waals surface area contributed by atoms with Crippen LogP contribution >= 0.6 is 0 Å². The van der Waals surface area contributed by atoms with E-state index in [2.05, 4.69) is 4.98 Å². The number of carbonyl (C=O) groups is 1. The van der Waals surface area contributed by atoms with E-state index >= 15 is 0 Å². The van der Waals surface area contributed by atoms with E-state index in [9.17, 15) is 18.0 Å². The molecule has 0 spiro atoms. The van der Waals surface area contributed by atoms with E-state index in [1.807, 2.05) is 25.1 Å². The van der Waals surface area contributed by atoms with Gasteiger partial charge in [-0.05, 0) is 67.1 Å². The molecule has 0 radical (unpaired) electrons. The topological polar surface area (TPSA) is 96.5 Å². The number of aromatic nitrogens is 1. The van der Waals surface area contributed by atoms with E-state index in [1.54, 1.807) is 6.07 Å². The van der Waals surface area contributed by atoms with Gasteiger partial charge in [0.05, 0.1) is 17.6 Å². The molecule has 174 valence electrons. The van der Waals surface area contributed by atoms with Crippen LogP contribution in [-0.2, 0) is 21.3 Å². The van der Waals surface area contributed by atoms with Crippen LogP contribution in [0.1, 0.15) is 53.6 Å². The summed E-state index contributed by atoms with van der Waals surface area (Å²) in [6, 6.07) is 13.1. The molecule has 1 heterocycles. The molecule has 1 aromatic heterocycles. The number of esters is 1. The van der Waals surface area contributed by atoms with E-state index < -0.39 is 16.0 Å². The molecule has 1 N–H and O–H groups in total. The van der Waals surface area contributed by atoms with Crippen LogP contribution in [0.5, 0.6) is 0 Å². The van der Waals surface area contributed by atoms with Crippen molar-refractivity contribution in [3.8, 4) is 0 Å². The Labute approximate surface area is 193 Å². The molecule has 33 heavy (non-hydrogen) atoms. The first-order valence-electron chi connectivity index (χ1n) is 11.1. The molecule has 0 aliphatic heterocycles. The Balaban J connectivity index is 1.73. The number of aryl methyl sites for hydroxylation is 1. The van der Waals surface area contributed by atoms with Crippen LogP contribution in [0.25, 0.3) is 10.9 Å². The first kappa shape index (κ1) is 23.2. The number of methoxy groups -OCH3 is 1. The maximum atomic E-state index is 13.7. The Morgan fingerprint density at radius 2 is 1.76 bits per heavy atom. The second kappa shape index (κ2) is 9.49. The van der Waals surface area contributed by atoms with E-state index in [1.165, 1.54) is 35.7 Å². The van der Waals surface area contributed by atoms with Gasteiger partial charge >= 0.3 is 5.97 Å². The van der Waals surface area contributed by atoms with Crippen molar-refractivity contribution in [1.29, 1.82) is 0 Å². The van der Waals surface area contributed by atoms with Gasteiger partial charge in [0.2, 0.25) is 10.0 Å². The predicted octanol–water partition coefficient (Wildman–Crippen LogP) is 4.15. The van der Waals surface area contributed by atoms with Crippen LogP contribution in [0.15, 0.2) is 58.2 Å². The van der Waals surface area contributed by atoms with Crippen LogP contribution in [0.2, 0.25) is 0 Å². The number of aromatic amines is 1. The molecule has 0 unspecified atom stereocenters. The number of fused-ring (bicyclic) bond motifs is 1. The maximum absolute atomic E-state index is 13.7. The lowest BCUT2D eigenvalue weighted by Gasteiger charge is -2.33. The lowest BCUT2D eigenvalue weighted by Crippen LogP contribution is -2.42. The smallest absolute Gasteiger partial charge is 0.337 e. The molecular weight excluding hydrogens is 440 g/mol. The molecule has 1 saturated carbocycles. The highest BCUT2D eigenvalue weighted by Crippen LogP contribution is 2.29. The van der Waals surface area contributed by atoms with Crippen LogP contribution in [0.4, 0.5) is 0 Å². The molecule has 3 aromatic rings. The van der Waals surface area contributed by atoms with Crippen molar-refractivity contribution < 1.29 is 17.9 Å². The number of hydrogen-bond acceptors (Lipinski definition) is 5. The Morgan fingerprint density at radius 1 is 1.06 bits per heavy atom. The summed E-state index contributed by atoms with van der Waals surface area (Å²) in [5.74, 6) is -0.527. The van der Waals surface area contributed by atoms with Crippen LogP contribution in [0.3, 0.4) is 0 Å². The van der Waals surface area contributed by atoms with Gasteiger partial charge in [-0.25, -0.2) is 13.2 Å². The van der Waals surface area contributed by atoms with Crippen molar-refractivity contribution in [2.24, 2.45) is 0 Å². The minimum Gasteiger partial charge on any atom is -0.465 e. The van der Waals surface area contributed by atoms with Gasteiger partial charge in [-0.3, -0.25) is 4.79 Å². The fourth-order valence-corrected chi connectivity index (χ4v) is 6.10. The van der Waals surface area contributed by atoms with E-state index in [4.69, 9.17) is 4.74 Å².